The highest BCUT2D eigenvalue weighted by atomic mass is 79.9. The molecule has 0 saturated carbocycles. The van der Waals surface area contributed by atoms with Gasteiger partial charge in [0.1, 0.15) is 12.4 Å². The number of fused-ring (bicyclic) bond motifs is 1. The van der Waals surface area contributed by atoms with Gasteiger partial charge in [0.15, 0.2) is 0 Å². The van der Waals surface area contributed by atoms with Crippen molar-refractivity contribution in [2.75, 3.05) is 6.54 Å². The van der Waals surface area contributed by atoms with Crippen molar-refractivity contribution >= 4 is 42.4 Å². The molecule has 1 saturated heterocycles. The van der Waals surface area contributed by atoms with Crippen LogP contribution in [0.3, 0.4) is 0 Å². The van der Waals surface area contributed by atoms with Crippen LogP contribution in [0.5, 0.6) is 0 Å². The minimum Gasteiger partial charge on any atom is -0.445 e. The SMILES string of the molecule is O=C(OCc1ccccc1)N1CCCCC1[Si]Cc1nc2cc(Br)ccc2c(=O)[nH]1. The fourth-order valence-corrected chi connectivity index (χ4v) is 5.43. The molecule has 2 aromatic carbocycles. The Labute approximate surface area is 185 Å². The summed E-state index contributed by atoms with van der Waals surface area (Å²) in [4.78, 5) is 34.4. The zero-order chi connectivity index (χ0) is 20.9. The third kappa shape index (κ3) is 4.99. The largest absolute Gasteiger partial charge is 0.445 e. The van der Waals surface area contributed by atoms with Gasteiger partial charge in [0, 0.05) is 16.7 Å². The highest BCUT2D eigenvalue weighted by molar-refractivity contribution is 9.10. The molecule has 30 heavy (non-hydrogen) atoms. The number of aromatic amines is 1. The summed E-state index contributed by atoms with van der Waals surface area (Å²) in [5.74, 6) is 0.659. The summed E-state index contributed by atoms with van der Waals surface area (Å²) in [6.45, 7) is 0.986. The molecule has 0 spiro atoms. The number of halogens is 1. The molecular weight excluding hydrogens is 462 g/mol. The monoisotopic (exact) mass is 483 g/mol. The molecule has 1 N–H and O–H groups in total. The van der Waals surface area contributed by atoms with Crippen LogP contribution < -0.4 is 5.56 Å². The first-order chi connectivity index (χ1) is 14.6. The predicted molar refractivity (Wildman–Crippen MR) is 120 cm³/mol. The molecule has 8 heteroatoms. The van der Waals surface area contributed by atoms with E-state index in [2.05, 4.69) is 25.9 Å². The lowest BCUT2D eigenvalue weighted by atomic mass is 10.1. The molecule has 0 aliphatic carbocycles. The third-order valence-corrected chi connectivity index (χ3v) is 7.27. The molecule has 1 aromatic heterocycles. The Bertz CT molecular complexity index is 1090. The van der Waals surface area contributed by atoms with E-state index in [4.69, 9.17) is 4.74 Å². The maximum Gasteiger partial charge on any atom is 0.410 e. The Balaban J connectivity index is 1.41. The number of piperidine rings is 1. The normalized spacial score (nSPS) is 16.6. The van der Waals surface area contributed by atoms with Gasteiger partial charge in [-0.3, -0.25) is 4.79 Å². The molecule has 4 rings (SSSR count). The van der Waals surface area contributed by atoms with Crippen LogP contribution in [0.4, 0.5) is 4.79 Å². The van der Waals surface area contributed by atoms with Gasteiger partial charge in [-0.1, -0.05) is 46.3 Å². The molecule has 2 radical (unpaired) electrons. The van der Waals surface area contributed by atoms with Gasteiger partial charge in [-0.25, -0.2) is 9.78 Å². The Morgan fingerprint density at radius 3 is 2.90 bits per heavy atom. The van der Waals surface area contributed by atoms with Crippen molar-refractivity contribution in [3.63, 3.8) is 0 Å². The zero-order valence-corrected chi connectivity index (χ0v) is 19.0. The standard InChI is InChI=1S/C22H22BrN3O3Si/c23-16-9-10-17-18(12-16)24-19(25-21(17)27)14-30-20-8-4-5-11-26(20)22(28)29-13-15-6-2-1-3-7-15/h1-3,6-7,9-10,12,20H,4-5,8,11,13-14H2,(H,24,25,27). The van der Waals surface area contributed by atoms with Gasteiger partial charge in [-0.15, -0.1) is 0 Å². The number of carbonyl (C=O) groups excluding carboxylic acids is 1. The molecule has 1 fully saturated rings. The highest BCUT2D eigenvalue weighted by Gasteiger charge is 2.28. The molecule has 3 aromatic rings. The van der Waals surface area contributed by atoms with Crippen LogP contribution in [-0.2, 0) is 17.4 Å². The second-order valence-corrected chi connectivity index (χ2v) is 9.64. The lowest BCUT2D eigenvalue weighted by Gasteiger charge is -2.34. The van der Waals surface area contributed by atoms with Gasteiger partial charge in [0.2, 0.25) is 0 Å². The van der Waals surface area contributed by atoms with Crippen LogP contribution in [-0.4, -0.2) is 42.7 Å². The average Bonchev–Trinajstić information content (AvgIpc) is 2.76. The maximum atomic E-state index is 12.7. The van der Waals surface area contributed by atoms with Crippen molar-refractivity contribution in [3.8, 4) is 0 Å². The lowest BCUT2D eigenvalue weighted by molar-refractivity contribution is 0.0823. The van der Waals surface area contributed by atoms with Crippen LogP contribution >= 0.6 is 15.9 Å². The second kappa shape index (κ2) is 9.57. The molecule has 1 aliphatic heterocycles. The van der Waals surface area contributed by atoms with Crippen LogP contribution in [0.1, 0.15) is 30.7 Å². The number of hydrogen-bond donors (Lipinski definition) is 1. The summed E-state index contributed by atoms with van der Waals surface area (Å²) in [6, 6.07) is 15.8. The van der Waals surface area contributed by atoms with Gasteiger partial charge in [-0.2, -0.15) is 0 Å². The first kappa shape index (κ1) is 20.8. The second-order valence-electron chi connectivity index (χ2n) is 7.30. The predicted octanol–water partition coefficient (Wildman–Crippen LogP) is 4.04. The first-order valence-corrected chi connectivity index (χ1v) is 12.1. The fraction of sp³-hybridized carbons (Fsp3) is 0.318. The topological polar surface area (TPSA) is 75.3 Å². The molecule has 154 valence electrons. The van der Waals surface area contributed by atoms with E-state index in [9.17, 15) is 9.59 Å². The lowest BCUT2D eigenvalue weighted by Crippen LogP contribution is -2.47. The van der Waals surface area contributed by atoms with Crippen molar-refractivity contribution in [1.29, 1.82) is 0 Å². The number of rotatable bonds is 5. The van der Waals surface area contributed by atoms with E-state index in [-0.39, 0.29) is 23.9 Å². The van der Waals surface area contributed by atoms with Crippen LogP contribution in [0.15, 0.2) is 57.8 Å². The Morgan fingerprint density at radius 1 is 1.23 bits per heavy atom. The van der Waals surface area contributed by atoms with Crippen molar-refractivity contribution in [2.45, 2.75) is 37.6 Å². The Hall–Kier alpha value is -2.45. The van der Waals surface area contributed by atoms with E-state index in [0.29, 0.717) is 38.8 Å². The quantitative estimate of drug-likeness (QED) is 0.555. The highest BCUT2D eigenvalue weighted by Crippen LogP contribution is 2.19. The van der Waals surface area contributed by atoms with Gasteiger partial charge >= 0.3 is 6.09 Å². The molecule has 1 aliphatic rings. The third-order valence-electron chi connectivity index (χ3n) is 5.17. The number of amides is 1. The summed E-state index contributed by atoms with van der Waals surface area (Å²) in [5, 5.41) is 0.578. The number of hydrogen-bond acceptors (Lipinski definition) is 4. The fourth-order valence-electron chi connectivity index (χ4n) is 3.62. The number of H-pyrrole nitrogens is 1. The molecule has 1 unspecified atom stereocenters. The molecule has 1 atom stereocenters. The average molecular weight is 484 g/mol. The zero-order valence-electron chi connectivity index (χ0n) is 16.4. The van der Waals surface area contributed by atoms with E-state index in [0.717, 1.165) is 29.3 Å². The Morgan fingerprint density at radius 2 is 2.07 bits per heavy atom. The summed E-state index contributed by atoms with van der Waals surface area (Å²) in [5.41, 5.74) is 1.64. The van der Waals surface area contributed by atoms with E-state index in [1.165, 1.54) is 0 Å². The number of carbonyl (C=O) groups is 1. The summed E-state index contributed by atoms with van der Waals surface area (Å²) in [7, 11) is 0.448. The number of benzene rings is 2. The molecule has 0 bridgehead atoms. The summed E-state index contributed by atoms with van der Waals surface area (Å²) in [6.07, 6.45) is 2.76. The van der Waals surface area contributed by atoms with Crippen LogP contribution in [0, 0.1) is 0 Å². The number of nitrogens with zero attached hydrogens (tertiary/aromatic N) is 2. The van der Waals surface area contributed by atoms with E-state index in [1.807, 2.05) is 47.4 Å². The number of likely N-dealkylation sites (tertiary alicyclic amines) is 1. The molecular formula is C22H22BrN3O3Si. The Kier molecular flexibility index (Phi) is 6.64. The number of aromatic nitrogens is 2. The molecule has 2 heterocycles. The number of ether oxygens (including phenoxy) is 1. The van der Waals surface area contributed by atoms with E-state index in [1.54, 1.807) is 6.07 Å². The maximum absolute atomic E-state index is 12.7. The van der Waals surface area contributed by atoms with Gasteiger partial charge < -0.3 is 14.6 Å². The molecule has 6 nitrogen and oxygen atoms in total. The van der Waals surface area contributed by atoms with Crippen molar-refractivity contribution < 1.29 is 9.53 Å². The van der Waals surface area contributed by atoms with Crippen molar-refractivity contribution in [2.24, 2.45) is 0 Å². The first-order valence-electron chi connectivity index (χ1n) is 9.99. The molecule has 1 amide bonds. The minimum absolute atomic E-state index is 0.116. The smallest absolute Gasteiger partial charge is 0.410 e. The van der Waals surface area contributed by atoms with Gasteiger partial charge in [-0.05, 0) is 49.1 Å². The summed E-state index contributed by atoms with van der Waals surface area (Å²) < 4.78 is 6.44. The summed E-state index contributed by atoms with van der Waals surface area (Å²) >= 11 is 3.43. The van der Waals surface area contributed by atoms with Crippen molar-refractivity contribution in [1.82, 2.24) is 14.9 Å². The van der Waals surface area contributed by atoms with Gasteiger partial charge in [0.05, 0.1) is 20.4 Å². The number of nitrogens with one attached hydrogen (secondary N) is 1. The van der Waals surface area contributed by atoms with E-state index < -0.39 is 0 Å². The van der Waals surface area contributed by atoms with E-state index >= 15 is 0 Å². The van der Waals surface area contributed by atoms with Gasteiger partial charge in [0.25, 0.3) is 5.56 Å². The van der Waals surface area contributed by atoms with Crippen LogP contribution in [0.2, 0.25) is 0 Å². The minimum atomic E-state index is -0.264. The van der Waals surface area contributed by atoms with Crippen LogP contribution in [0.25, 0.3) is 10.9 Å². The van der Waals surface area contributed by atoms with Crippen molar-refractivity contribution in [3.05, 3.63) is 74.7 Å².